The van der Waals surface area contributed by atoms with Crippen molar-refractivity contribution >= 4 is 10.0 Å². The molecule has 0 aliphatic rings. The Kier molecular flexibility index (Phi) is 6.19. The average molecular weight is 302 g/mol. The third kappa shape index (κ3) is 4.90. The topological polar surface area (TPSA) is 77.2 Å². The normalized spacial score (nSPS) is 14.2. The zero-order chi connectivity index (χ0) is 15.3. The SMILES string of the molecule is CNCc1cc(S(=O)(=O)NC(CN(C)C)C(C)C)c[nH]1. The van der Waals surface area contributed by atoms with Crippen molar-refractivity contribution < 1.29 is 8.42 Å². The van der Waals surface area contributed by atoms with Crippen molar-refractivity contribution in [2.75, 3.05) is 27.7 Å². The van der Waals surface area contributed by atoms with Crippen LogP contribution in [0, 0.1) is 5.92 Å². The molecule has 7 heteroatoms. The molecule has 0 spiro atoms. The Bertz CT molecular complexity index is 508. The van der Waals surface area contributed by atoms with E-state index >= 15 is 0 Å². The summed E-state index contributed by atoms with van der Waals surface area (Å²) < 4.78 is 27.5. The zero-order valence-corrected chi connectivity index (χ0v) is 13.7. The van der Waals surface area contributed by atoms with Crippen LogP contribution in [0.2, 0.25) is 0 Å². The summed E-state index contributed by atoms with van der Waals surface area (Å²) in [6.07, 6.45) is 1.53. The highest BCUT2D eigenvalue weighted by Gasteiger charge is 2.23. The molecule has 0 aliphatic heterocycles. The number of sulfonamides is 1. The van der Waals surface area contributed by atoms with Crippen molar-refractivity contribution in [1.29, 1.82) is 0 Å². The van der Waals surface area contributed by atoms with Gasteiger partial charge in [-0.2, -0.15) is 0 Å². The molecule has 0 amide bonds. The van der Waals surface area contributed by atoms with E-state index in [2.05, 4.69) is 15.0 Å². The minimum atomic E-state index is -3.48. The smallest absolute Gasteiger partial charge is 0.242 e. The van der Waals surface area contributed by atoms with Gasteiger partial charge in [0.2, 0.25) is 10.0 Å². The summed E-state index contributed by atoms with van der Waals surface area (Å²) in [6.45, 7) is 5.31. The summed E-state index contributed by atoms with van der Waals surface area (Å²) in [5.41, 5.74) is 0.849. The quantitative estimate of drug-likeness (QED) is 0.657. The lowest BCUT2D eigenvalue weighted by atomic mass is 10.1. The molecule has 1 heterocycles. The molecule has 0 fully saturated rings. The van der Waals surface area contributed by atoms with Gasteiger partial charge in [0.15, 0.2) is 0 Å². The number of nitrogens with one attached hydrogen (secondary N) is 3. The number of rotatable bonds is 8. The molecule has 0 radical (unpaired) electrons. The van der Waals surface area contributed by atoms with Crippen LogP contribution in [0.4, 0.5) is 0 Å². The molecule has 0 bridgehead atoms. The van der Waals surface area contributed by atoms with Gasteiger partial charge in [0.05, 0.1) is 4.90 Å². The number of H-pyrrole nitrogens is 1. The van der Waals surface area contributed by atoms with Crippen LogP contribution in [0.1, 0.15) is 19.5 Å². The number of aromatic amines is 1. The van der Waals surface area contributed by atoms with E-state index in [1.165, 1.54) is 6.20 Å². The van der Waals surface area contributed by atoms with Gasteiger partial charge in [-0.25, -0.2) is 13.1 Å². The molecular weight excluding hydrogens is 276 g/mol. The molecule has 0 saturated heterocycles. The molecule has 1 aromatic rings. The van der Waals surface area contributed by atoms with Crippen molar-refractivity contribution in [3.63, 3.8) is 0 Å². The molecule has 116 valence electrons. The first-order chi connectivity index (χ1) is 9.26. The van der Waals surface area contributed by atoms with Gasteiger partial charge in [-0.15, -0.1) is 0 Å². The summed E-state index contributed by atoms with van der Waals surface area (Å²) in [7, 11) is 2.21. The largest absolute Gasteiger partial charge is 0.363 e. The van der Waals surface area contributed by atoms with Crippen LogP contribution in [-0.2, 0) is 16.6 Å². The predicted molar refractivity (Wildman–Crippen MR) is 81.1 cm³/mol. The maximum atomic E-state index is 12.4. The summed E-state index contributed by atoms with van der Waals surface area (Å²) in [5.74, 6) is 0.225. The number of aromatic nitrogens is 1. The highest BCUT2D eigenvalue weighted by Crippen LogP contribution is 2.13. The Morgan fingerprint density at radius 2 is 2.00 bits per heavy atom. The highest BCUT2D eigenvalue weighted by atomic mass is 32.2. The Morgan fingerprint density at radius 1 is 1.35 bits per heavy atom. The van der Waals surface area contributed by atoms with E-state index in [0.29, 0.717) is 13.1 Å². The van der Waals surface area contributed by atoms with E-state index in [-0.39, 0.29) is 16.9 Å². The van der Waals surface area contributed by atoms with Crippen molar-refractivity contribution in [2.45, 2.75) is 31.3 Å². The fraction of sp³-hybridized carbons (Fsp3) is 0.692. The molecule has 1 rings (SSSR count). The van der Waals surface area contributed by atoms with Crippen molar-refractivity contribution in [3.8, 4) is 0 Å². The minimum Gasteiger partial charge on any atom is -0.363 e. The molecule has 0 aliphatic carbocycles. The van der Waals surface area contributed by atoms with Gasteiger partial charge in [0.1, 0.15) is 0 Å². The van der Waals surface area contributed by atoms with E-state index in [9.17, 15) is 8.42 Å². The fourth-order valence-electron chi connectivity index (χ4n) is 1.91. The third-order valence-electron chi connectivity index (χ3n) is 3.07. The highest BCUT2D eigenvalue weighted by molar-refractivity contribution is 7.89. The van der Waals surface area contributed by atoms with Gasteiger partial charge >= 0.3 is 0 Å². The van der Waals surface area contributed by atoms with Crippen LogP contribution in [0.3, 0.4) is 0 Å². The lowest BCUT2D eigenvalue weighted by molar-refractivity contribution is 0.314. The van der Waals surface area contributed by atoms with Crippen LogP contribution in [0.5, 0.6) is 0 Å². The average Bonchev–Trinajstić information content (AvgIpc) is 2.77. The summed E-state index contributed by atoms with van der Waals surface area (Å²) in [5, 5.41) is 2.98. The lowest BCUT2D eigenvalue weighted by Gasteiger charge is -2.25. The molecule has 1 aromatic heterocycles. The maximum absolute atomic E-state index is 12.4. The van der Waals surface area contributed by atoms with Crippen LogP contribution < -0.4 is 10.0 Å². The first kappa shape index (κ1) is 17.2. The van der Waals surface area contributed by atoms with E-state index in [1.807, 2.05) is 39.9 Å². The summed E-state index contributed by atoms with van der Waals surface area (Å²) in [4.78, 5) is 5.23. The maximum Gasteiger partial charge on any atom is 0.242 e. The van der Waals surface area contributed by atoms with Gasteiger partial charge in [-0.1, -0.05) is 13.8 Å². The number of likely N-dealkylation sites (N-methyl/N-ethyl adjacent to an activating group) is 1. The summed E-state index contributed by atoms with van der Waals surface area (Å²) in [6, 6.07) is 1.55. The molecule has 3 N–H and O–H groups in total. The molecule has 20 heavy (non-hydrogen) atoms. The van der Waals surface area contributed by atoms with E-state index < -0.39 is 10.0 Å². The fourth-order valence-corrected chi connectivity index (χ4v) is 3.30. The Morgan fingerprint density at radius 3 is 2.50 bits per heavy atom. The first-order valence-corrected chi connectivity index (χ1v) is 8.23. The monoisotopic (exact) mass is 302 g/mol. The van der Waals surface area contributed by atoms with Gasteiger partial charge in [-0.3, -0.25) is 0 Å². The van der Waals surface area contributed by atoms with E-state index in [1.54, 1.807) is 6.07 Å². The second-order valence-corrected chi connectivity index (χ2v) is 7.34. The third-order valence-corrected chi connectivity index (χ3v) is 4.54. The van der Waals surface area contributed by atoms with Crippen molar-refractivity contribution in [2.24, 2.45) is 5.92 Å². The second-order valence-electron chi connectivity index (χ2n) is 5.62. The second kappa shape index (κ2) is 7.21. The molecule has 6 nitrogen and oxygen atoms in total. The van der Waals surface area contributed by atoms with Crippen LogP contribution >= 0.6 is 0 Å². The molecule has 0 saturated carbocycles. The Labute approximate surface area is 122 Å². The number of hydrogen-bond acceptors (Lipinski definition) is 4. The van der Waals surface area contributed by atoms with Crippen LogP contribution in [0.15, 0.2) is 17.2 Å². The van der Waals surface area contributed by atoms with Crippen molar-refractivity contribution in [1.82, 2.24) is 19.9 Å². The minimum absolute atomic E-state index is 0.113. The lowest BCUT2D eigenvalue weighted by Crippen LogP contribution is -2.44. The summed E-state index contributed by atoms with van der Waals surface area (Å²) >= 11 is 0. The predicted octanol–water partition coefficient (Wildman–Crippen LogP) is 0.599. The zero-order valence-electron chi connectivity index (χ0n) is 12.9. The Balaban J connectivity index is 2.85. The van der Waals surface area contributed by atoms with E-state index in [0.717, 1.165) is 5.69 Å². The number of nitrogens with zero attached hydrogens (tertiary/aromatic N) is 1. The molecule has 1 atom stereocenters. The standard InChI is InChI=1S/C13H26N4O2S/c1-10(2)13(9-17(4)5)16-20(18,19)12-6-11(7-14-3)15-8-12/h6,8,10,13-16H,7,9H2,1-5H3. The van der Waals surface area contributed by atoms with Gasteiger partial charge < -0.3 is 15.2 Å². The van der Waals surface area contributed by atoms with Crippen molar-refractivity contribution in [3.05, 3.63) is 18.0 Å². The molecule has 0 aromatic carbocycles. The Hall–Kier alpha value is -0.890. The molecular formula is C13H26N4O2S. The molecule has 1 unspecified atom stereocenters. The van der Waals surface area contributed by atoms with Crippen LogP contribution in [-0.4, -0.2) is 52.0 Å². The number of hydrogen-bond donors (Lipinski definition) is 3. The first-order valence-electron chi connectivity index (χ1n) is 6.75. The van der Waals surface area contributed by atoms with Gasteiger partial charge in [0, 0.05) is 31.0 Å². The van der Waals surface area contributed by atoms with E-state index in [4.69, 9.17) is 0 Å². The van der Waals surface area contributed by atoms with Crippen LogP contribution in [0.25, 0.3) is 0 Å². The van der Waals surface area contributed by atoms with Gasteiger partial charge in [0.25, 0.3) is 0 Å². The van der Waals surface area contributed by atoms with Gasteiger partial charge in [-0.05, 0) is 33.1 Å².